The average Bonchev–Trinajstić information content (AvgIpc) is 2.59. The predicted molar refractivity (Wildman–Crippen MR) is 64.4 cm³/mol. The van der Waals surface area contributed by atoms with Crippen LogP contribution in [0, 0.1) is 5.92 Å². The summed E-state index contributed by atoms with van der Waals surface area (Å²) in [6, 6.07) is 0.183. The van der Waals surface area contributed by atoms with Gasteiger partial charge < -0.3 is 15.9 Å². The van der Waals surface area contributed by atoms with Crippen molar-refractivity contribution in [2.24, 2.45) is 22.1 Å². The van der Waals surface area contributed by atoms with Crippen molar-refractivity contribution in [3.05, 3.63) is 0 Å². The summed E-state index contributed by atoms with van der Waals surface area (Å²) in [6.45, 7) is 6.20. The van der Waals surface area contributed by atoms with Gasteiger partial charge in [0.25, 0.3) is 0 Å². The number of ether oxygens (including phenoxy) is 1. The molecule has 1 saturated carbocycles. The van der Waals surface area contributed by atoms with E-state index in [1.165, 1.54) is 0 Å². The standard InChI is InChI=1S/C11H22N4O2/c1-11(2,3)17-10(16)14-9-5-4-8(6-9)7-13-15-12/h8-9H,4-7H2,1-3H3,(H2,12,13)(H,14,16)/t8-,9+/m1/s1. The monoisotopic (exact) mass is 242 g/mol. The highest BCUT2D eigenvalue weighted by molar-refractivity contribution is 5.68. The van der Waals surface area contributed by atoms with Crippen LogP contribution in [0.5, 0.6) is 0 Å². The van der Waals surface area contributed by atoms with Crippen molar-refractivity contribution in [1.82, 2.24) is 5.32 Å². The Kier molecular flexibility index (Phi) is 4.72. The summed E-state index contributed by atoms with van der Waals surface area (Å²) in [4.78, 5) is 11.5. The van der Waals surface area contributed by atoms with E-state index in [0.29, 0.717) is 12.5 Å². The van der Waals surface area contributed by atoms with Gasteiger partial charge in [0.05, 0.1) is 6.54 Å². The first-order valence-corrected chi connectivity index (χ1v) is 5.97. The number of nitrogens with two attached hydrogens (primary N) is 1. The predicted octanol–water partition coefficient (Wildman–Crippen LogP) is 2.01. The third-order valence-corrected chi connectivity index (χ3v) is 2.68. The molecule has 0 aliphatic heterocycles. The number of nitrogens with zero attached hydrogens (tertiary/aromatic N) is 2. The van der Waals surface area contributed by atoms with Crippen LogP contribution in [0.15, 0.2) is 10.3 Å². The van der Waals surface area contributed by atoms with Gasteiger partial charge in [-0.2, -0.15) is 5.11 Å². The van der Waals surface area contributed by atoms with Crippen LogP contribution in [0.2, 0.25) is 0 Å². The molecule has 3 N–H and O–H groups in total. The summed E-state index contributed by atoms with van der Waals surface area (Å²) in [7, 11) is 0. The third-order valence-electron chi connectivity index (χ3n) is 2.68. The maximum atomic E-state index is 11.5. The Morgan fingerprint density at radius 3 is 2.76 bits per heavy atom. The number of alkyl carbamates (subject to hydrolysis) is 1. The molecule has 0 heterocycles. The zero-order valence-electron chi connectivity index (χ0n) is 10.8. The second kappa shape index (κ2) is 5.84. The number of rotatable bonds is 3. The van der Waals surface area contributed by atoms with E-state index in [1.54, 1.807) is 0 Å². The summed E-state index contributed by atoms with van der Waals surface area (Å²) in [5, 5.41) is 9.91. The van der Waals surface area contributed by atoms with Crippen molar-refractivity contribution in [3.63, 3.8) is 0 Å². The molecule has 1 aliphatic rings. The molecule has 0 bridgehead atoms. The molecule has 0 saturated heterocycles. The van der Waals surface area contributed by atoms with Gasteiger partial charge in [0.2, 0.25) is 0 Å². The smallest absolute Gasteiger partial charge is 0.407 e. The van der Waals surface area contributed by atoms with Crippen LogP contribution in [0.3, 0.4) is 0 Å². The van der Waals surface area contributed by atoms with Crippen molar-refractivity contribution in [3.8, 4) is 0 Å². The number of carbonyl (C=O) groups is 1. The number of carbonyl (C=O) groups excluding carboxylic acids is 1. The van der Waals surface area contributed by atoms with E-state index in [0.717, 1.165) is 19.3 Å². The van der Waals surface area contributed by atoms with Gasteiger partial charge in [-0.1, -0.05) is 5.22 Å². The first-order chi connectivity index (χ1) is 7.90. The van der Waals surface area contributed by atoms with Crippen LogP contribution in [0.4, 0.5) is 4.79 Å². The van der Waals surface area contributed by atoms with Crippen molar-refractivity contribution in [1.29, 1.82) is 0 Å². The maximum absolute atomic E-state index is 11.5. The molecule has 0 aromatic carbocycles. The van der Waals surface area contributed by atoms with Gasteiger partial charge in [-0.05, 0) is 46.0 Å². The van der Waals surface area contributed by atoms with Crippen molar-refractivity contribution >= 4 is 6.09 Å². The van der Waals surface area contributed by atoms with Crippen LogP contribution >= 0.6 is 0 Å². The van der Waals surface area contributed by atoms with Gasteiger partial charge in [-0.15, -0.1) is 0 Å². The fraction of sp³-hybridized carbons (Fsp3) is 0.909. The van der Waals surface area contributed by atoms with Gasteiger partial charge in [0.1, 0.15) is 5.60 Å². The summed E-state index contributed by atoms with van der Waals surface area (Å²) in [5.74, 6) is 5.42. The largest absolute Gasteiger partial charge is 0.444 e. The Labute approximate surface area is 102 Å². The van der Waals surface area contributed by atoms with E-state index in [9.17, 15) is 4.79 Å². The minimum absolute atomic E-state index is 0.183. The number of hydrogen-bond acceptors (Lipinski definition) is 4. The molecule has 1 aliphatic carbocycles. The van der Waals surface area contributed by atoms with Crippen LogP contribution in [-0.4, -0.2) is 24.3 Å². The molecular formula is C11H22N4O2. The van der Waals surface area contributed by atoms with E-state index < -0.39 is 5.60 Å². The van der Waals surface area contributed by atoms with Crippen molar-refractivity contribution < 1.29 is 9.53 Å². The number of hydrogen-bond donors (Lipinski definition) is 2. The first-order valence-electron chi connectivity index (χ1n) is 5.97. The minimum atomic E-state index is -0.449. The second-order valence-electron chi connectivity index (χ2n) is 5.46. The molecule has 0 aromatic heterocycles. The first kappa shape index (κ1) is 13.7. The fourth-order valence-corrected chi connectivity index (χ4v) is 2.01. The number of nitrogens with one attached hydrogen (secondary N) is 1. The Morgan fingerprint density at radius 1 is 1.47 bits per heavy atom. The highest BCUT2D eigenvalue weighted by atomic mass is 16.6. The Hall–Kier alpha value is -1.33. The molecule has 17 heavy (non-hydrogen) atoms. The lowest BCUT2D eigenvalue weighted by Crippen LogP contribution is -2.38. The molecule has 6 heteroatoms. The topological polar surface area (TPSA) is 89.1 Å². The third kappa shape index (κ3) is 5.51. The lowest BCUT2D eigenvalue weighted by atomic mass is 10.1. The molecule has 1 fully saturated rings. The highest BCUT2D eigenvalue weighted by Gasteiger charge is 2.27. The van der Waals surface area contributed by atoms with Gasteiger partial charge in [-0.3, -0.25) is 0 Å². The van der Waals surface area contributed by atoms with E-state index in [2.05, 4.69) is 15.7 Å². The molecule has 0 unspecified atom stereocenters. The SMILES string of the molecule is CC(C)(C)OC(=O)N[C@H]1CC[C@@H](CN=NN)C1. The number of amides is 1. The minimum Gasteiger partial charge on any atom is -0.444 e. The lowest BCUT2D eigenvalue weighted by Gasteiger charge is -2.21. The van der Waals surface area contributed by atoms with E-state index in [4.69, 9.17) is 10.6 Å². The second-order valence-corrected chi connectivity index (χ2v) is 5.46. The van der Waals surface area contributed by atoms with Gasteiger partial charge >= 0.3 is 6.09 Å². The van der Waals surface area contributed by atoms with Crippen LogP contribution < -0.4 is 11.2 Å². The molecule has 6 nitrogen and oxygen atoms in total. The zero-order valence-corrected chi connectivity index (χ0v) is 10.8. The molecule has 1 rings (SSSR count). The summed E-state index contributed by atoms with van der Waals surface area (Å²) in [6.07, 6.45) is 2.57. The fourth-order valence-electron chi connectivity index (χ4n) is 2.01. The molecule has 0 aromatic rings. The van der Waals surface area contributed by atoms with Crippen LogP contribution in [0.25, 0.3) is 0 Å². The zero-order chi connectivity index (χ0) is 12.9. The summed E-state index contributed by atoms with van der Waals surface area (Å²) < 4.78 is 5.20. The molecule has 98 valence electrons. The maximum Gasteiger partial charge on any atom is 0.407 e. The van der Waals surface area contributed by atoms with Gasteiger partial charge in [-0.25, -0.2) is 4.79 Å². The highest BCUT2D eigenvalue weighted by Crippen LogP contribution is 2.26. The molecule has 0 spiro atoms. The lowest BCUT2D eigenvalue weighted by molar-refractivity contribution is 0.0504. The molecule has 1 amide bonds. The average molecular weight is 242 g/mol. The van der Waals surface area contributed by atoms with Gasteiger partial charge in [0, 0.05) is 6.04 Å². The molecule has 0 radical (unpaired) electrons. The summed E-state index contributed by atoms with van der Waals surface area (Å²) >= 11 is 0. The van der Waals surface area contributed by atoms with E-state index in [1.807, 2.05) is 20.8 Å². The van der Waals surface area contributed by atoms with Crippen LogP contribution in [-0.2, 0) is 4.74 Å². The molecule has 2 atom stereocenters. The summed E-state index contributed by atoms with van der Waals surface area (Å²) in [5.41, 5.74) is -0.449. The van der Waals surface area contributed by atoms with Crippen LogP contribution in [0.1, 0.15) is 40.0 Å². The Balaban J connectivity index is 2.28. The Bertz CT molecular complexity index is 286. The Morgan fingerprint density at radius 2 is 2.18 bits per heavy atom. The van der Waals surface area contributed by atoms with Crippen molar-refractivity contribution in [2.75, 3.05) is 6.54 Å². The van der Waals surface area contributed by atoms with E-state index in [-0.39, 0.29) is 12.1 Å². The normalized spacial score (nSPS) is 25.1. The van der Waals surface area contributed by atoms with Crippen molar-refractivity contribution in [2.45, 2.75) is 51.7 Å². The molecular weight excluding hydrogens is 220 g/mol. The quantitative estimate of drug-likeness (QED) is 0.450. The van der Waals surface area contributed by atoms with E-state index >= 15 is 0 Å². The van der Waals surface area contributed by atoms with Gasteiger partial charge in [0.15, 0.2) is 0 Å².